The van der Waals surface area contributed by atoms with Crippen LogP contribution in [0.2, 0.25) is 0 Å². The van der Waals surface area contributed by atoms with Gasteiger partial charge in [0.25, 0.3) is 0 Å². The van der Waals surface area contributed by atoms with E-state index >= 15 is 0 Å². The summed E-state index contributed by atoms with van der Waals surface area (Å²) in [7, 11) is 0. The summed E-state index contributed by atoms with van der Waals surface area (Å²) in [6, 6.07) is 10.1. The van der Waals surface area contributed by atoms with Crippen LogP contribution in [0.15, 0.2) is 30.3 Å². The summed E-state index contributed by atoms with van der Waals surface area (Å²) in [5, 5.41) is 6.79. The minimum absolute atomic E-state index is 0.0213. The van der Waals surface area contributed by atoms with Crippen LogP contribution < -0.4 is 10.6 Å². The van der Waals surface area contributed by atoms with Gasteiger partial charge in [-0.1, -0.05) is 30.3 Å². The summed E-state index contributed by atoms with van der Waals surface area (Å²) in [6.45, 7) is 2.10. The van der Waals surface area contributed by atoms with Gasteiger partial charge in [0.15, 0.2) is 5.67 Å². The molecule has 2 aliphatic rings. The Hall–Kier alpha value is -0.930. The average Bonchev–Trinajstić information content (AvgIpc) is 3.04. The second-order valence-corrected chi connectivity index (χ2v) is 5.18. The van der Waals surface area contributed by atoms with Crippen LogP contribution in [0.1, 0.15) is 24.8 Å². The first-order chi connectivity index (χ1) is 8.29. The topological polar surface area (TPSA) is 24.1 Å². The number of rotatable bonds is 3. The van der Waals surface area contributed by atoms with E-state index in [1.807, 2.05) is 30.3 Å². The third kappa shape index (κ3) is 2.22. The lowest BCUT2D eigenvalue weighted by atomic mass is 10.1. The molecule has 3 heteroatoms. The van der Waals surface area contributed by atoms with Crippen molar-refractivity contribution in [2.45, 2.75) is 37.0 Å². The number of piperidine rings is 1. The van der Waals surface area contributed by atoms with E-state index in [1.165, 1.54) is 0 Å². The lowest BCUT2D eigenvalue weighted by molar-refractivity contribution is 0.275. The lowest BCUT2D eigenvalue weighted by Gasteiger charge is -2.24. The van der Waals surface area contributed by atoms with Crippen LogP contribution in [0, 0.1) is 0 Å². The van der Waals surface area contributed by atoms with Crippen LogP contribution in [0.25, 0.3) is 0 Å². The molecule has 2 unspecified atom stereocenters. The fourth-order valence-corrected chi connectivity index (χ4v) is 2.74. The van der Waals surface area contributed by atoms with E-state index in [4.69, 9.17) is 0 Å². The molecule has 1 aliphatic carbocycles. The van der Waals surface area contributed by atoms with Gasteiger partial charge < -0.3 is 10.6 Å². The van der Waals surface area contributed by atoms with Gasteiger partial charge in [0.1, 0.15) is 0 Å². The van der Waals surface area contributed by atoms with E-state index in [-0.39, 0.29) is 6.04 Å². The zero-order chi connectivity index (χ0) is 11.7. The number of hydrogen-bond donors (Lipinski definition) is 2. The van der Waals surface area contributed by atoms with Crippen LogP contribution >= 0.6 is 0 Å². The quantitative estimate of drug-likeness (QED) is 0.835. The molecular formula is C14H19FN2. The average molecular weight is 234 g/mol. The number of nitrogens with one attached hydrogen (secondary N) is 2. The maximum absolute atomic E-state index is 14.6. The molecule has 3 rings (SSSR count). The minimum atomic E-state index is -1.12. The fourth-order valence-electron chi connectivity index (χ4n) is 2.74. The van der Waals surface area contributed by atoms with Crippen molar-refractivity contribution < 1.29 is 4.39 Å². The van der Waals surface area contributed by atoms with E-state index in [1.54, 1.807) is 0 Å². The zero-order valence-electron chi connectivity index (χ0n) is 9.95. The van der Waals surface area contributed by atoms with E-state index in [0.717, 1.165) is 31.5 Å². The fraction of sp³-hybridized carbons (Fsp3) is 0.571. The van der Waals surface area contributed by atoms with Crippen molar-refractivity contribution >= 4 is 0 Å². The second-order valence-electron chi connectivity index (χ2n) is 5.18. The van der Waals surface area contributed by atoms with Crippen LogP contribution in [0.4, 0.5) is 4.39 Å². The van der Waals surface area contributed by atoms with E-state index in [9.17, 15) is 4.39 Å². The molecular weight excluding hydrogens is 215 g/mol. The summed E-state index contributed by atoms with van der Waals surface area (Å²) < 4.78 is 14.6. The van der Waals surface area contributed by atoms with Gasteiger partial charge in [-0.25, -0.2) is 4.39 Å². The second kappa shape index (κ2) is 4.39. The van der Waals surface area contributed by atoms with Crippen molar-refractivity contribution in [3.63, 3.8) is 0 Å². The van der Waals surface area contributed by atoms with Crippen LogP contribution in [-0.2, 0) is 5.67 Å². The van der Waals surface area contributed by atoms with Crippen molar-refractivity contribution in [1.29, 1.82) is 0 Å². The van der Waals surface area contributed by atoms with Crippen molar-refractivity contribution in [3.05, 3.63) is 35.9 Å². The first-order valence-electron chi connectivity index (χ1n) is 6.50. The number of benzene rings is 1. The first-order valence-corrected chi connectivity index (χ1v) is 6.50. The predicted molar refractivity (Wildman–Crippen MR) is 66.7 cm³/mol. The SMILES string of the molecule is FC1(c2ccccc2)CC1NC1CCNCC1. The van der Waals surface area contributed by atoms with Gasteiger partial charge in [0.2, 0.25) is 0 Å². The number of hydrogen-bond acceptors (Lipinski definition) is 2. The highest BCUT2D eigenvalue weighted by Crippen LogP contribution is 2.50. The molecule has 0 amide bonds. The van der Waals surface area contributed by atoms with Gasteiger partial charge in [-0.3, -0.25) is 0 Å². The van der Waals surface area contributed by atoms with E-state index in [2.05, 4.69) is 10.6 Å². The van der Waals surface area contributed by atoms with Crippen molar-refractivity contribution in [2.75, 3.05) is 13.1 Å². The molecule has 2 nitrogen and oxygen atoms in total. The molecule has 0 bridgehead atoms. The first kappa shape index (κ1) is 11.2. The van der Waals surface area contributed by atoms with Crippen molar-refractivity contribution in [2.24, 2.45) is 0 Å². The van der Waals surface area contributed by atoms with Crippen LogP contribution in [0.5, 0.6) is 0 Å². The third-order valence-corrected chi connectivity index (χ3v) is 3.92. The highest BCUT2D eigenvalue weighted by molar-refractivity contribution is 5.32. The van der Waals surface area contributed by atoms with Crippen LogP contribution in [0.3, 0.4) is 0 Å². The standard InChI is InChI=1S/C14H19FN2/c15-14(11-4-2-1-3-5-11)10-13(14)17-12-6-8-16-9-7-12/h1-5,12-13,16-17H,6-10H2. The Morgan fingerprint density at radius 2 is 1.88 bits per heavy atom. The third-order valence-electron chi connectivity index (χ3n) is 3.92. The molecule has 1 aromatic rings. The molecule has 92 valence electrons. The van der Waals surface area contributed by atoms with Crippen LogP contribution in [-0.4, -0.2) is 25.2 Å². The molecule has 0 aromatic heterocycles. The number of halogens is 1. The normalized spacial score (nSPS) is 33.6. The van der Waals surface area contributed by atoms with Crippen molar-refractivity contribution in [3.8, 4) is 0 Å². The summed E-state index contributed by atoms with van der Waals surface area (Å²) in [5.41, 5.74) is -0.294. The van der Waals surface area contributed by atoms with Gasteiger partial charge in [-0.15, -0.1) is 0 Å². The van der Waals surface area contributed by atoms with Crippen molar-refractivity contribution in [1.82, 2.24) is 10.6 Å². The number of alkyl halides is 1. The predicted octanol–water partition coefficient (Wildman–Crippen LogP) is 1.97. The Balaban J connectivity index is 1.61. The molecule has 1 saturated heterocycles. The Kier molecular flexibility index (Phi) is 2.89. The van der Waals surface area contributed by atoms with Gasteiger partial charge in [0.05, 0.1) is 0 Å². The Labute approximate surface area is 102 Å². The van der Waals surface area contributed by atoms with Gasteiger partial charge in [-0.2, -0.15) is 0 Å². The van der Waals surface area contributed by atoms with E-state index in [0.29, 0.717) is 12.5 Å². The molecule has 1 aromatic carbocycles. The maximum Gasteiger partial charge on any atom is 0.152 e. The molecule has 1 aliphatic heterocycles. The monoisotopic (exact) mass is 234 g/mol. The molecule has 1 saturated carbocycles. The summed E-state index contributed by atoms with van der Waals surface area (Å²) in [5.74, 6) is 0. The Morgan fingerprint density at radius 1 is 1.18 bits per heavy atom. The molecule has 0 radical (unpaired) electrons. The highest BCUT2D eigenvalue weighted by Gasteiger charge is 2.57. The summed E-state index contributed by atoms with van der Waals surface area (Å²) in [6.07, 6.45) is 2.85. The summed E-state index contributed by atoms with van der Waals surface area (Å²) >= 11 is 0. The summed E-state index contributed by atoms with van der Waals surface area (Å²) in [4.78, 5) is 0. The molecule has 0 spiro atoms. The molecule has 1 heterocycles. The zero-order valence-corrected chi connectivity index (χ0v) is 9.95. The van der Waals surface area contributed by atoms with Gasteiger partial charge in [0, 0.05) is 18.5 Å². The molecule has 2 atom stereocenters. The largest absolute Gasteiger partial charge is 0.317 e. The molecule has 2 N–H and O–H groups in total. The van der Waals surface area contributed by atoms with Gasteiger partial charge in [-0.05, 0) is 31.5 Å². The highest BCUT2D eigenvalue weighted by atomic mass is 19.1. The molecule has 17 heavy (non-hydrogen) atoms. The van der Waals surface area contributed by atoms with Gasteiger partial charge >= 0.3 is 0 Å². The molecule has 2 fully saturated rings. The Morgan fingerprint density at radius 3 is 2.59 bits per heavy atom. The Bertz CT molecular complexity index is 375. The lowest BCUT2D eigenvalue weighted by Crippen LogP contribution is -2.42. The maximum atomic E-state index is 14.6. The smallest absolute Gasteiger partial charge is 0.152 e. The minimum Gasteiger partial charge on any atom is -0.317 e. The van der Waals surface area contributed by atoms with E-state index < -0.39 is 5.67 Å².